The average molecular weight is 472 g/mol. The van der Waals surface area contributed by atoms with E-state index in [0.29, 0.717) is 30.1 Å². The summed E-state index contributed by atoms with van der Waals surface area (Å²) in [5.74, 6) is 0.414. The van der Waals surface area contributed by atoms with Crippen LogP contribution in [0.25, 0.3) is 0 Å². The second kappa shape index (κ2) is 10.3. The molecular weight excluding hydrogens is 446 g/mol. The number of amides is 1. The number of rotatable bonds is 7. The molecule has 8 nitrogen and oxygen atoms in total. The van der Waals surface area contributed by atoms with Crippen LogP contribution >= 0.6 is 11.8 Å². The standard InChI is InChI=1S/C22H25N5O3S2/c28-21(18-10-8-17(9-11-18)15-31-22-23-16-24-26-22)25-19-6-5-7-20(14-19)32(29,30)27-12-3-1-2-4-13-27/h5-11,14,16H,1-4,12-13,15H2,(H,25,28)(H,23,24,26). The zero-order valence-corrected chi connectivity index (χ0v) is 19.2. The van der Waals surface area contributed by atoms with Crippen LogP contribution in [0.15, 0.2) is 64.9 Å². The lowest BCUT2D eigenvalue weighted by atomic mass is 10.1. The molecule has 2 N–H and O–H groups in total. The molecule has 0 spiro atoms. The van der Waals surface area contributed by atoms with Crippen molar-refractivity contribution in [3.8, 4) is 0 Å². The van der Waals surface area contributed by atoms with Crippen molar-refractivity contribution in [3.05, 3.63) is 66.0 Å². The molecular formula is C22H25N5O3S2. The predicted molar refractivity (Wildman–Crippen MR) is 124 cm³/mol. The number of thioether (sulfide) groups is 1. The topological polar surface area (TPSA) is 108 Å². The predicted octanol–water partition coefficient (Wildman–Crippen LogP) is 3.91. The van der Waals surface area contributed by atoms with Crippen LogP contribution in [0.2, 0.25) is 0 Å². The molecule has 0 bridgehead atoms. The maximum Gasteiger partial charge on any atom is 0.255 e. The molecule has 1 aliphatic heterocycles. The summed E-state index contributed by atoms with van der Waals surface area (Å²) in [6.45, 7) is 1.08. The molecule has 0 atom stereocenters. The molecule has 1 amide bonds. The SMILES string of the molecule is O=C(Nc1cccc(S(=O)(=O)N2CCCCCC2)c1)c1ccc(CSc2ncn[nH]2)cc1. The number of anilines is 1. The highest BCUT2D eigenvalue weighted by Gasteiger charge is 2.25. The highest BCUT2D eigenvalue weighted by Crippen LogP contribution is 2.23. The van der Waals surface area contributed by atoms with E-state index in [1.165, 1.54) is 24.2 Å². The Bertz CT molecular complexity index is 1140. The zero-order valence-electron chi connectivity index (χ0n) is 17.5. The van der Waals surface area contributed by atoms with Gasteiger partial charge in [0.1, 0.15) is 6.33 Å². The fourth-order valence-electron chi connectivity index (χ4n) is 3.54. The normalized spacial score (nSPS) is 15.2. The number of carbonyl (C=O) groups is 1. The van der Waals surface area contributed by atoms with E-state index in [1.54, 1.807) is 34.6 Å². The van der Waals surface area contributed by atoms with Gasteiger partial charge in [-0.1, -0.05) is 42.8 Å². The van der Waals surface area contributed by atoms with E-state index in [0.717, 1.165) is 36.4 Å². The van der Waals surface area contributed by atoms with Crippen molar-refractivity contribution in [2.45, 2.75) is 41.5 Å². The molecule has 1 saturated heterocycles. The Labute approximate surface area is 191 Å². The van der Waals surface area contributed by atoms with Crippen LogP contribution in [0.1, 0.15) is 41.6 Å². The molecule has 10 heteroatoms. The summed E-state index contributed by atoms with van der Waals surface area (Å²) < 4.78 is 27.6. The lowest BCUT2D eigenvalue weighted by molar-refractivity contribution is 0.102. The van der Waals surface area contributed by atoms with Crippen molar-refractivity contribution in [2.24, 2.45) is 0 Å². The molecule has 1 aromatic heterocycles. The summed E-state index contributed by atoms with van der Waals surface area (Å²) in [6.07, 6.45) is 5.33. The Morgan fingerprint density at radius 2 is 1.81 bits per heavy atom. The number of benzene rings is 2. The summed E-state index contributed by atoms with van der Waals surface area (Å²) >= 11 is 1.52. The maximum atomic E-state index is 13.0. The molecule has 32 heavy (non-hydrogen) atoms. The highest BCUT2D eigenvalue weighted by molar-refractivity contribution is 7.98. The van der Waals surface area contributed by atoms with E-state index in [9.17, 15) is 13.2 Å². The fourth-order valence-corrected chi connectivity index (χ4v) is 5.83. The van der Waals surface area contributed by atoms with Gasteiger partial charge in [0.2, 0.25) is 10.0 Å². The first-order valence-corrected chi connectivity index (χ1v) is 12.9. The summed E-state index contributed by atoms with van der Waals surface area (Å²) in [5.41, 5.74) is 2.00. The summed E-state index contributed by atoms with van der Waals surface area (Å²) in [4.78, 5) is 17.0. The molecule has 2 aromatic carbocycles. The molecule has 1 aliphatic rings. The first kappa shape index (κ1) is 22.5. The van der Waals surface area contributed by atoms with E-state index in [-0.39, 0.29) is 10.8 Å². The Morgan fingerprint density at radius 1 is 1.06 bits per heavy atom. The van der Waals surface area contributed by atoms with Gasteiger partial charge in [-0.05, 0) is 48.7 Å². The molecule has 0 unspecified atom stereocenters. The molecule has 168 valence electrons. The van der Waals surface area contributed by atoms with Gasteiger partial charge in [0.25, 0.3) is 5.91 Å². The molecule has 2 heterocycles. The van der Waals surface area contributed by atoms with Gasteiger partial charge in [0, 0.05) is 30.1 Å². The molecule has 1 fully saturated rings. The fraction of sp³-hybridized carbons (Fsp3) is 0.318. The quantitative estimate of drug-likeness (QED) is 0.506. The van der Waals surface area contributed by atoms with E-state index >= 15 is 0 Å². The minimum absolute atomic E-state index is 0.206. The minimum atomic E-state index is -3.57. The van der Waals surface area contributed by atoms with Crippen LogP contribution in [0.3, 0.4) is 0 Å². The minimum Gasteiger partial charge on any atom is -0.322 e. The average Bonchev–Trinajstić information content (AvgIpc) is 3.17. The zero-order chi connectivity index (χ0) is 22.4. The number of carbonyl (C=O) groups excluding carboxylic acids is 1. The number of aromatic nitrogens is 3. The van der Waals surface area contributed by atoms with Crippen molar-refractivity contribution in [3.63, 3.8) is 0 Å². The Kier molecular flexibility index (Phi) is 7.23. The number of hydrogen-bond acceptors (Lipinski definition) is 6. The van der Waals surface area contributed by atoms with E-state index in [1.807, 2.05) is 12.1 Å². The number of nitrogens with zero attached hydrogens (tertiary/aromatic N) is 3. The van der Waals surface area contributed by atoms with Crippen LogP contribution < -0.4 is 5.32 Å². The van der Waals surface area contributed by atoms with Crippen molar-refractivity contribution in [1.82, 2.24) is 19.5 Å². The summed E-state index contributed by atoms with van der Waals surface area (Å²) in [6, 6.07) is 13.7. The number of aromatic amines is 1. The van der Waals surface area contributed by atoms with E-state index in [4.69, 9.17) is 0 Å². The molecule has 0 aliphatic carbocycles. The molecule has 0 radical (unpaired) electrons. The van der Waals surface area contributed by atoms with Crippen LogP contribution in [-0.4, -0.2) is 46.9 Å². The number of hydrogen-bond donors (Lipinski definition) is 2. The van der Waals surface area contributed by atoms with Gasteiger partial charge < -0.3 is 5.32 Å². The van der Waals surface area contributed by atoms with Crippen LogP contribution in [-0.2, 0) is 15.8 Å². The number of nitrogens with one attached hydrogen (secondary N) is 2. The Balaban J connectivity index is 1.41. The van der Waals surface area contributed by atoms with Gasteiger partial charge in [-0.25, -0.2) is 13.4 Å². The summed E-state index contributed by atoms with van der Waals surface area (Å²) in [7, 11) is -3.57. The third kappa shape index (κ3) is 5.56. The lowest BCUT2D eigenvalue weighted by Crippen LogP contribution is -2.32. The lowest BCUT2D eigenvalue weighted by Gasteiger charge is -2.20. The Hall–Kier alpha value is -2.69. The van der Waals surface area contributed by atoms with Crippen molar-refractivity contribution < 1.29 is 13.2 Å². The number of H-pyrrole nitrogens is 1. The van der Waals surface area contributed by atoms with Crippen LogP contribution in [0.4, 0.5) is 5.69 Å². The summed E-state index contributed by atoms with van der Waals surface area (Å²) in [5, 5.41) is 10.2. The van der Waals surface area contributed by atoms with Crippen LogP contribution in [0.5, 0.6) is 0 Å². The third-order valence-electron chi connectivity index (χ3n) is 5.28. The van der Waals surface area contributed by atoms with Gasteiger partial charge in [-0.3, -0.25) is 9.89 Å². The molecule has 4 rings (SSSR count). The number of sulfonamides is 1. The smallest absolute Gasteiger partial charge is 0.255 e. The maximum absolute atomic E-state index is 13.0. The van der Waals surface area contributed by atoms with E-state index in [2.05, 4.69) is 20.5 Å². The monoisotopic (exact) mass is 471 g/mol. The van der Waals surface area contributed by atoms with Crippen molar-refractivity contribution in [1.29, 1.82) is 0 Å². The highest BCUT2D eigenvalue weighted by atomic mass is 32.2. The van der Waals surface area contributed by atoms with Gasteiger partial charge in [0.05, 0.1) is 4.90 Å². The second-order valence-corrected chi connectivity index (χ2v) is 10.5. The molecule has 3 aromatic rings. The second-order valence-electron chi connectivity index (χ2n) is 7.58. The molecule has 0 saturated carbocycles. The third-order valence-corrected chi connectivity index (χ3v) is 8.12. The van der Waals surface area contributed by atoms with E-state index < -0.39 is 10.0 Å². The van der Waals surface area contributed by atoms with Gasteiger partial charge in [-0.2, -0.15) is 9.40 Å². The van der Waals surface area contributed by atoms with Gasteiger partial charge in [-0.15, -0.1) is 0 Å². The van der Waals surface area contributed by atoms with Crippen molar-refractivity contribution in [2.75, 3.05) is 18.4 Å². The first-order chi connectivity index (χ1) is 15.5. The Morgan fingerprint density at radius 3 is 2.50 bits per heavy atom. The van der Waals surface area contributed by atoms with Gasteiger partial charge >= 0.3 is 0 Å². The first-order valence-electron chi connectivity index (χ1n) is 10.5. The van der Waals surface area contributed by atoms with Gasteiger partial charge in [0.15, 0.2) is 5.16 Å². The van der Waals surface area contributed by atoms with Crippen LogP contribution in [0, 0.1) is 0 Å². The van der Waals surface area contributed by atoms with Crippen molar-refractivity contribution >= 4 is 33.4 Å². The largest absolute Gasteiger partial charge is 0.322 e.